The van der Waals surface area contributed by atoms with Gasteiger partial charge in [0.15, 0.2) is 11.4 Å². The molecule has 2 aliphatic carbocycles. The Bertz CT molecular complexity index is 2180. The molecule has 0 spiro atoms. The number of amides is 2. The number of nitrogens with zero attached hydrogens (tertiary/aromatic N) is 2. The Morgan fingerprint density at radius 2 is 1.90 bits per heavy atom. The van der Waals surface area contributed by atoms with Crippen LogP contribution < -0.4 is 18.9 Å². The number of rotatable bonds is 10. The largest absolute Gasteiger partial charge is 0.497 e. The molecule has 4 heterocycles. The minimum absolute atomic E-state index is 0.0301. The molecule has 2 amide bonds. The highest BCUT2D eigenvalue weighted by atomic mass is 32.2. The Balaban J connectivity index is 1.25. The molecule has 5 aliphatic rings. The van der Waals surface area contributed by atoms with Crippen LogP contribution in [0, 0.1) is 17.3 Å². The van der Waals surface area contributed by atoms with Crippen molar-refractivity contribution in [3.05, 3.63) is 35.9 Å². The van der Waals surface area contributed by atoms with Gasteiger partial charge in [-0.15, -0.1) is 0 Å². The van der Waals surface area contributed by atoms with Crippen LogP contribution in [0.1, 0.15) is 98.0 Å². The van der Waals surface area contributed by atoms with Gasteiger partial charge >= 0.3 is 5.97 Å². The maximum atomic E-state index is 14.9. The third kappa shape index (κ3) is 8.70. The van der Waals surface area contributed by atoms with Gasteiger partial charge in [0.05, 0.1) is 61.0 Å². The van der Waals surface area contributed by atoms with E-state index in [1.165, 1.54) is 4.90 Å². The molecule has 14 nitrogen and oxygen atoms in total. The first-order valence-electron chi connectivity index (χ1n) is 20.8. The number of hydrogen-bond acceptors (Lipinski definition) is 12. The lowest BCUT2D eigenvalue weighted by Crippen LogP contribution is -2.49. The molecule has 0 bridgehead atoms. The minimum atomic E-state index is -4.03. The second kappa shape index (κ2) is 16.5. The summed E-state index contributed by atoms with van der Waals surface area (Å²) in [7, 11) is -2.47. The van der Waals surface area contributed by atoms with Crippen LogP contribution in [0.3, 0.4) is 0 Å². The minimum Gasteiger partial charge on any atom is -0.497 e. The number of esters is 1. The normalized spacial score (nSPS) is 29.9. The number of sulfonamides is 1. The first-order valence-corrected chi connectivity index (χ1v) is 22.3. The van der Waals surface area contributed by atoms with E-state index in [2.05, 4.69) is 4.72 Å². The Kier molecular flexibility index (Phi) is 12.0. The second-order valence-electron chi connectivity index (χ2n) is 17.9. The number of Topliss-reactive ketones (excluding diaryl/α,β-unsaturated/α-hetero) is 1. The van der Waals surface area contributed by atoms with E-state index in [0.717, 1.165) is 37.6 Å². The fourth-order valence-corrected chi connectivity index (χ4v) is 9.91. The number of methoxy groups -OCH3 is 1. The van der Waals surface area contributed by atoms with Gasteiger partial charge in [-0.05, 0) is 109 Å². The first kappa shape index (κ1) is 43.7. The molecule has 1 N–H and O–H groups in total. The van der Waals surface area contributed by atoms with Gasteiger partial charge < -0.3 is 28.6 Å². The molecule has 0 unspecified atom stereocenters. The van der Waals surface area contributed by atoms with E-state index in [1.54, 1.807) is 27.0 Å². The summed E-state index contributed by atoms with van der Waals surface area (Å²) in [5, 5.41) is 1.48. The summed E-state index contributed by atoms with van der Waals surface area (Å²) >= 11 is 0. The number of halogens is 2. The smallest absolute Gasteiger partial charge is 0.307 e. The van der Waals surface area contributed by atoms with Crippen LogP contribution >= 0.6 is 0 Å². The van der Waals surface area contributed by atoms with Crippen molar-refractivity contribution in [2.45, 2.75) is 140 Å². The van der Waals surface area contributed by atoms with Crippen molar-refractivity contribution >= 4 is 44.4 Å². The first-order chi connectivity index (χ1) is 28.3. The molecule has 3 fully saturated rings. The lowest BCUT2D eigenvalue weighted by molar-refractivity contribution is -0.176. The van der Waals surface area contributed by atoms with Gasteiger partial charge in [0, 0.05) is 23.8 Å². The molecule has 17 heteroatoms. The number of hydrogen-bond donors (Lipinski definition) is 1. The number of fused-ring (bicyclic) bond motifs is 5. The zero-order valence-corrected chi connectivity index (χ0v) is 35.8. The lowest BCUT2D eigenvalue weighted by atomic mass is 9.90. The van der Waals surface area contributed by atoms with Crippen molar-refractivity contribution in [1.82, 2.24) is 14.6 Å². The third-order valence-corrected chi connectivity index (χ3v) is 15.0. The molecule has 7 rings (SSSR count). The van der Waals surface area contributed by atoms with Crippen molar-refractivity contribution < 1.29 is 60.1 Å². The monoisotopic (exact) mass is 859 g/mol. The van der Waals surface area contributed by atoms with E-state index < -0.39 is 98.4 Å². The fraction of sp³-hybridized carbons (Fsp3) is 0.651. The predicted octanol–water partition coefficient (Wildman–Crippen LogP) is 5.62. The standard InChI is InChI=1S/C43H55F2N3O11S/c1-24-10-7-8-11-26-21-43(26,40(52)47-60(53,54)42(5)15-16-42)22-34(49)33-19-28(23-48(33)38(51)31(25(2)57-24)20-35(50)59-41(3,4)39(44)45)58-37-30-14-13-27(55-6)18-32(30)29-12-9-17-56-36(29)46-37/h8,11,13-14,18,24-26,28,31,33,39H,7,9-10,12,15-17,19-23H2,1-6H3,(H,47,52)/b11-8-/t24-,25+,26-,28-,31+,33+,43-/m1/s1. The maximum Gasteiger partial charge on any atom is 0.307 e. The number of nitrogens with one attached hydrogen (secondary N) is 1. The number of aromatic nitrogens is 1. The van der Waals surface area contributed by atoms with Crippen LogP contribution in [0.4, 0.5) is 8.78 Å². The van der Waals surface area contributed by atoms with Crippen LogP contribution in [0.5, 0.6) is 17.5 Å². The summed E-state index contributed by atoms with van der Waals surface area (Å²) in [5.41, 5.74) is -2.62. The van der Waals surface area contributed by atoms with Crippen LogP contribution in [-0.2, 0) is 45.1 Å². The van der Waals surface area contributed by atoms with Crippen LogP contribution in [0.2, 0.25) is 0 Å². The van der Waals surface area contributed by atoms with Crippen molar-refractivity contribution in [2.24, 2.45) is 17.3 Å². The van der Waals surface area contributed by atoms with Gasteiger partial charge in [0.2, 0.25) is 33.6 Å². The number of ketones is 1. The lowest BCUT2D eigenvalue weighted by Gasteiger charge is -2.33. The summed E-state index contributed by atoms with van der Waals surface area (Å²) in [6.45, 7) is 7.47. The number of carbonyl (C=O) groups excluding carboxylic acids is 4. The number of benzene rings is 1. The van der Waals surface area contributed by atoms with Gasteiger partial charge in [0.1, 0.15) is 11.9 Å². The quantitative estimate of drug-likeness (QED) is 0.231. The Labute approximate surface area is 349 Å². The highest BCUT2D eigenvalue weighted by Crippen LogP contribution is 2.58. The average molecular weight is 860 g/mol. The molecule has 328 valence electrons. The van der Waals surface area contributed by atoms with Crippen molar-refractivity contribution in [3.8, 4) is 17.5 Å². The summed E-state index contributed by atoms with van der Waals surface area (Å²) in [5.74, 6) is -3.44. The summed E-state index contributed by atoms with van der Waals surface area (Å²) in [4.78, 5) is 63.1. The van der Waals surface area contributed by atoms with E-state index in [1.807, 2.05) is 31.2 Å². The number of allylic oxidation sites excluding steroid dienone is 2. The Morgan fingerprint density at radius 3 is 2.60 bits per heavy atom. The molecule has 1 aromatic heterocycles. The summed E-state index contributed by atoms with van der Waals surface area (Å²) < 4.78 is 84.8. The van der Waals surface area contributed by atoms with E-state index in [0.29, 0.717) is 49.3 Å². The van der Waals surface area contributed by atoms with E-state index >= 15 is 0 Å². The number of pyridine rings is 1. The Morgan fingerprint density at radius 1 is 1.15 bits per heavy atom. The fourth-order valence-electron chi connectivity index (χ4n) is 8.58. The number of alkyl halides is 2. The molecular formula is C43H55F2N3O11S. The zero-order valence-electron chi connectivity index (χ0n) is 35.0. The van der Waals surface area contributed by atoms with Crippen LogP contribution in [0.25, 0.3) is 10.8 Å². The molecule has 0 radical (unpaired) electrons. The van der Waals surface area contributed by atoms with Crippen LogP contribution in [-0.4, -0.2) is 103 Å². The molecule has 1 aromatic carbocycles. The second-order valence-corrected chi connectivity index (χ2v) is 20.1. The molecule has 2 aromatic rings. The van der Waals surface area contributed by atoms with E-state index in [4.69, 9.17) is 28.7 Å². The third-order valence-electron chi connectivity index (χ3n) is 12.9. The van der Waals surface area contributed by atoms with E-state index in [-0.39, 0.29) is 31.7 Å². The van der Waals surface area contributed by atoms with Crippen LogP contribution in [0.15, 0.2) is 30.4 Å². The average Bonchev–Trinajstić information content (AvgIpc) is 4.07. The molecular weight excluding hydrogens is 805 g/mol. The van der Waals surface area contributed by atoms with Gasteiger partial charge in [-0.25, -0.2) is 17.2 Å². The highest BCUT2D eigenvalue weighted by molar-refractivity contribution is 7.91. The molecule has 7 atom stereocenters. The van der Waals surface area contributed by atoms with Gasteiger partial charge in [-0.2, -0.15) is 4.98 Å². The summed E-state index contributed by atoms with van der Waals surface area (Å²) in [6, 6.07) is 4.28. The maximum absolute atomic E-state index is 14.9. The van der Waals surface area contributed by atoms with Gasteiger partial charge in [-0.1, -0.05) is 12.2 Å². The van der Waals surface area contributed by atoms with E-state index in [9.17, 15) is 36.4 Å². The van der Waals surface area contributed by atoms with Crippen molar-refractivity contribution in [2.75, 3.05) is 20.3 Å². The number of aryl methyl sites for hydroxylation is 1. The highest BCUT2D eigenvalue weighted by Gasteiger charge is 2.63. The SMILES string of the molecule is COc1ccc2c(O[C@@H]3C[C@H]4C(=O)C[C@]5(C(=O)NS(=O)(=O)C6(C)CC6)C[C@H]5/C=C\CC[C@@H](C)O[C@@H](C)[C@H](CC(=O)OC(C)(C)C(F)F)C(=O)N4C3)nc3c(c2c1)CCCO3. The molecule has 60 heavy (non-hydrogen) atoms. The van der Waals surface area contributed by atoms with Crippen molar-refractivity contribution in [3.63, 3.8) is 0 Å². The molecule has 2 saturated carbocycles. The Hall–Kier alpha value is -4.38. The zero-order chi connectivity index (χ0) is 43.4. The predicted molar refractivity (Wildman–Crippen MR) is 214 cm³/mol. The van der Waals surface area contributed by atoms with Gasteiger partial charge in [-0.3, -0.25) is 23.9 Å². The van der Waals surface area contributed by atoms with Gasteiger partial charge in [0.25, 0.3) is 6.43 Å². The number of carbonyl (C=O) groups is 4. The van der Waals surface area contributed by atoms with Crippen molar-refractivity contribution in [1.29, 1.82) is 0 Å². The topological polar surface area (TPSA) is 177 Å². The molecule has 3 aliphatic heterocycles. The summed E-state index contributed by atoms with van der Waals surface area (Å²) in [6.07, 6.45) is 1.08. The molecule has 1 saturated heterocycles. The number of ether oxygens (including phenoxy) is 5.